The Morgan fingerprint density at radius 2 is 1.45 bits per heavy atom. The lowest BCUT2D eigenvalue weighted by Crippen LogP contribution is -2.56. The van der Waals surface area contributed by atoms with Gasteiger partial charge in [0, 0.05) is 72.3 Å². The Balaban J connectivity index is 0.786. The maximum absolute atomic E-state index is 14.1. The number of benzene rings is 3. The van der Waals surface area contributed by atoms with Crippen LogP contribution in [0.3, 0.4) is 0 Å². The summed E-state index contributed by atoms with van der Waals surface area (Å²) in [5.74, 6) is -4.00. The van der Waals surface area contributed by atoms with Crippen molar-refractivity contribution in [2.24, 2.45) is 27.8 Å². The van der Waals surface area contributed by atoms with Crippen LogP contribution in [0.4, 0.5) is 9.59 Å². The van der Waals surface area contributed by atoms with E-state index in [1.54, 1.807) is 38.4 Å². The highest BCUT2D eigenvalue weighted by molar-refractivity contribution is 6.31. The number of rotatable bonds is 12. The molecule has 1 saturated carbocycles. The molecule has 5 aliphatic rings. The predicted molar refractivity (Wildman–Crippen MR) is 285 cm³/mol. The number of phenols is 2. The highest BCUT2D eigenvalue weighted by Gasteiger charge is 2.51. The lowest BCUT2D eigenvalue weighted by Gasteiger charge is -2.42. The van der Waals surface area contributed by atoms with E-state index in [9.17, 15) is 49.5 Å². The molecular formula is C58H61N7O15. The number of alkyl carbamates (subject to hydrolysis) is 1. The van der Waals surface area contributed by atoms with Gasteiger partial charge in [-0.2, -0.15) is 10.2 Å². The second-order valence-electron chi connectivity index (χ2n) is 21.0. The van der Waals surface area contributed by atoms with Gasteiger partial charge in [-0.25, -0.2) is 9.59 Å². The first-order chi connectivity index (χ1) is 38.4. The van der Waals surface area contributed by atoms with Crippen LogP contribution < -0.4 is 25.8 Å². The number of carbonyl (C=O) groups is 5. The number of pyridine rings is 2. The minimum atomic E-state index is -2.39. The number of Topliss-reactive ketones (excluding diaryl/α,β-unsaturated/α-hetero) is 1. The molecule has 10 atom stereocenters. The van der Waals surface area contributed by atoms with Crippen molar-refractivity contribution in [3.05, 3.63) is 141 Å². The summed E-state index contributed by atoms with van der Waals surface area (Å²) in [7, 11) is 1.30. The van der Waals surface area contributed by atoms with Gasteiger partial charge in [-0.15, -0.1) is 0 Å². The molecule has 6 unspecified atom stereocenters. The Morgan fingerprint density at radius 1 is 0.812 bits per heavy atom. The van der Waals surface area contributed by atoms with Gasteiger partial charge in [0.15, 0.2) is 17.9 Å². The number of ether oxygens (including phenoxy) is 5. The van der Waals surface area contributed by atoms with Gasteiger partial charge in [-0.3, -0.25) is 24.4 Å². The number of fused-ring (bicyclic) bond motifs is 4. The number of aliphatic hydroxyl groups is 3. The van der Waals surface area contributed by atoms with Crippen LogP contribution in [0.25, 0.3) is 0 Å². The van der Waals surface area contributed by atoms with Crippen LogP contribution in [-0.2, 0) is 32.0 Å². The predicted octanol–water partition coefficient (Wildman–Crippen LogP) is 4.87. The Hall–Kier alpha value is -7.99. The largest absolute Gasteiger partial charge is 0.507 e. The molecule has 2 amide bonds. The van der Waals surface area contributed by atoms with Crippen molar-refractivity contribution < 1.29 is 73.2 Å². The van der Waals surface area contributed by atoms with Crippen LogP contribution in [0, 0.1) is 25.7 Å². The molecule has 0 spiro atoms. The summed E-state index contributed by atoms with van der Waals surface area (Å²) >= 11 is 0. The number of nitrogens with two attached hydrogens (primary N) is 1. The van der Waals surface area contributed by atoms with Crippen molar-refractivity contribution in [3.63, 3.8) is 0 Å². The molecule has 22 heteroatoms. The molecule has 1 saturated heterocycles. The zero-order chi connectivity index (χ0) is 56.7. The molecule has 418 valence electrons. The molecule has 2 aromatic heterocycles. The number of nitrogens with one attached hydrogen (secondary N) is 2. The lowest BCUT2D eigenvalue weighted by atomic mass is 9.72. The number of nitrogens with zero attached hydrogens (tertiary/aromatic N) is 4. The van der Waals surface area contributed by atoms with Gasteiger partial charge in [0.25, 0.3) is 0 Å². The zero-order valence-corrected chi connectivity index (χ0v) is 44.3. The van der Waals surface area contributed by atoms with E-state index < -0.39 is 120 Å². The zero-order valence-electron chi connectivity index (χ0n) is 44.3. The number of aromatic hydroxyl groups is 2. The number of hydrogen-bond donors (Lipinski definition) is 8. The normalized spacial score (nSPS) is 26.1. The third kappa shape index (κ3) is 10.5. The SMILES string of the molecule is COc1cccc2c1C(=O)c1c(O)c3c(c(O)c1C2=O)C[C@@](O)(C(=O)CO)C[C@@H]3O[C@H]1CC(NC(=O)OCc2cc(C)c(OC(=O)NC3CCC4C(c5ccccn5)=NN=C(c5ccccn5)C4CCC3N)c(C)c2)[C@H](O)C(C)O1. The molecule has 9 N–H and O–H groups in total. The number of amides is 2. The molecule has 5 aromatic rings. The molecule has 22 nitrogen and oxygen atoms in total. The quantitative estimate of drug-likeness (QED) is 0.0758. The van der Waals surface area contributed by atoms with E-state index in [1.807, 2.05) is 36.4 Å². The number of ketones is 3. The van der Waals surface area contributed by atoms with Crippen molar-refractivity contribution in [2.45, 2.75) is 121 Å². The fourth-order valence-corrected chi connectivity index (χ4v) is 11.9. The number of aromatic nitrogens is 2. The maximum Gasteiger partial charge on any atom is 0.412 e. The van der Waals surface area contributed by atoms with Crippen LogP contribution in [0.2, 0.25) is 0 Å². The molecule has 10 rings (SSSR count). The van der Waals surface area contributed by atoms with Crippen molar-refractivity contribution >= 4 is 41.0 Å². The first kappa shape index (κ1) is 55.3. The lowest BCUT2D eigenvalue weighted by molar-refractivity contribution is -0.249. The molecule has 4 heterocycles. The van der Waals surface area contributed by atoms with E-state index in [2.05, 4.69) is 30.8 Å². The van der Waals surface area contributed by atoms with Gasteiger partial charge in [0.05, 0.1) is 64.9 Å². The Bertz CT molecular complexity index is 3320. The molecule has 2 fully saturated rings. The number of carbonyl (C=O) groups excluding carboxylic acids is 5. The Labute approximate surface area is 459 Å². The number of methoxy groups -OCH3 is 1. The molecular weight excluding hydrogens is 1030 g/mol. The number of phenolic OH excluding ortho intramolecular Hbond substituents is 2. The second-order valence-corrected chi connectivity index (χ2v) is 21.0. The first-order valence-corrected chi connectivity index (χ1v) is 26.4. The summed E-state index contributed by atoms with van der Waals surface area (Å²) in [6.45, 7) is 3.66. The number of aliphatic hydroxyl groups excluding tert-OH is 2. The van der Waals surface area contributed by atoms with E-state index in [4.69, 9.17) is 29.4 Å². The van der Waals surface area contributed by atoms with E-state index in [1.165, 1.54) is 32.2 Å². The van der Waals surface area contributed by atoms with Crippen LogP contribution in [-0.4, -0.2) is 132 Å². The summed E-state index contributed by atoms with van der Waals surface area (Å²) in [6, 6.07) is 17.2. The standard InChI is InChI=1S/C58H61N7O15/c1-27-20-30(21-28(2)55(27)80-57(74)62-36-17-15-32-31(14-16-35(36)59)48(37-11-5-7-18-60-37)64-65-49(32)38-12-6-8-19-61-38)26-77-56(73)63-39-22-43(78-29(3)50(39)68)79-41-24-58(75,42(67)25-66)23-34-45(41)54(72)47-46(52(34)70)51(69)33-10-9-13-40(76-4)44(33)53(47)71/h5-13,18-21,29,31-32,35-36,39,41,43,50,66,68,70,72,75H,14-17,22-26,59H2,1-4H3,(H,62,74)(H,63,73)/t29?,31?,32?,35?,36?,39?,41-,43-,50+,58-/m0/s1. The van der Waals surface area contributed by atoms with E-state index in [0.717, 1.165) is 22.8 Å². The third-order valence-electron chi connectivity index (χ3n) is 15.9. The van der Waals surface area contributed by atoms with Gasteiger partial charge in [-0.05, 0) is 106 Å². The maximum atomic E-state index is 14.1. The van der Waals surface area contributed by atoms with Crippen molar-refractivity contribution in [1.29, 1.82) is 0 Å². The van der Waals surface area contributed by atoms with E-state index >= 15 is 0 Å². The summed E-state index contributed by atoms with van der Waals surface area (Å²) in [5.41, 5.74) is 7.29. The van der Waals surface area contributed by atoms with E-state index in [0.29, 0.717) is 48.1 Å². The minimum Gasteiger partial charge on any atom is -0.507 e. The van der Waals surface area contributed by atoms with Crippen molar-refractivity contribution in [2.75, 3.05) is 13.7 Å². The van der Waals surface area contributed by atoms with E-state index in [-0.39, 0.29) is 52.9 Å². The van der Waals surface area contributed by atoms with Crippen LogP contribution in [0.5, 0.6) is 23.0 Å². The molecule has 80 heavy (non-hydrogen) atoms. The van der Waals surface area contributed by atoms with Crippen molar-refractivity contribution in [3.8, 4) is 23.0 Å². The molecule has 3 aromatic carbocycles. The fourth-order valence-electron chi connectivity index (χ4n) is 11.9. The molecule has 0 bridgehead atoms. The second kappa shape index (κ2) is 22.6. The van der Waals surface area contributed by atoms with Crippen LogP contribution in [0.15, 0.2) is 89.3 Å². The summed E-state index contributed by atoms with van der Waals surface area (Å²) in [5, 5.41) is 71.5. The van der Waals surface area contributed by atoms with Gasteiger partial charge >= 0.3 is 12.2 Å². The number of hydrogen-bond acceptors (Lipinski definition) is 20. The van der Waals surface area contributed by atoms with Gasteiger partial charge < -0.3 is 65.6 Å². The van der Waals surface area contributed by atoms with Gasteiger partial charge in [0.2, 0.25) is 5.78 Å². The molecule has 0 radical (unpaired) electrons. The van der Waals surface area contributed by atoms with Crippen molar-refractivity contribution in [1.82, 2.24) is 20.6 Å². The Morgan fingerprint density at radius 3 is 2.08 bits per heavy atom. The van der Waals surface area contributed by atoms with Gasteiger partial charge in [-0.1, -0.05) is 24.3 Å². The van der Waals surface area contributed by atoms with Gasteiger partial charge in [0.1, 0.15) is 47.9 Å². The monoisotopic (exact) mass is 1100 g/mol. The van der Waals surface area contributed by atoms with Crippen LogP contribution in [0.1, 0.15) is 123 Å². The molecule has 2 aliphatic heterocycles. The third-order valence-corrected chi connectivity index (χ3v) is 15.9. The fraction of sp³-hybridized carbons (Fsp3) is 0.397. The average molecular weight is 1100 g/mol. The Kier molecular flexibility index (Phi) is 15.7. The number of aryl methyl sites for hydroxylation is 2. The summed E-state index contributed by atoms with van der Waals surface area (Å²) in [4.78, 5) is 77.4. The van der Waals surface area contributed by atoms with Crippen LogP contribution >= 0.6 is 0 Å². The summed E-state index contributed by atoms with van der Waals surface area (Å²) in [6.07, 6.45) is -2.46. The minimum absolute atomic E-state index is 0.0238. The smallest absolute Gasteiger partial charge is 0.412 e. The first-order valence-electron chi connectivity index (χ1n) is 26.4. The highest BCUT2D eigenvalue weighted by atomic mass is 16.7. The highest BCUT2D eigenvalue weighted by Crippen LogP contribution is 2.53. The average Bonchev–Trinajstić information content (AvgIpc) is 3.55. The summed E-state index contributed by atoms with van der Waals surface area (Å²) < 4.78 is 29.2. The topological polar surface area (TPSA) is 333 Å². The molecule has 3 aliphatic carbocycles.